The number of nitrogens with zero attached hydrogens (tertiary/aromatic N) is 6. The van der Waals surface area contributed by atoms with Gasteiger partial charge in [0.1, 0.15) is 29.5 Å². The zero-order chi connectivity index (χ0) is 33.9. The summed E-state index contributed by atoms with van der Waals surface area (Å²) in [5.41, 5.74) is 2.37. The summed E-state index contributed by atoms with van der Waals surface area (Å²) in [6.45, 7) is 11.7. The van der Waals surface area contributed by atoms with Crippen molar-refractivity contribution in [1.82, 2.24) is 19.8 Å². The number of methoxy groups -OCH3 is 1. The van der Waals surface area contributed by atoms with Crippen molar-refractivity contribution in [3.8, 4) is 5.75 Å². The van der Waals surface area contributed by atoms with Crippen molar-refractivity contribution in [3.05, 3.63) is 72.6 Å². The predicted molar refractivity (Wildman–Crippen MR) is 182 cm³/mol. The van der Waals surface area contributed by atoms with E-state index in [9.17, 15) is 13.6 Å². The highest BCUT2D eigenvalue weighted by atomic mass is 19.1. The Morgan fingerprint density at radius 2 is 1.71 bits per heavy atom. The lowest BCUT2D eigenvalue weighted by Crippen LogP contribution is -2.59. The summed E-state index contributed by atoms with van der Waals surface area (Å²) >= 11 is 0. The van der Waals surface area contributed by atoms with Crippen LogP contribution in [0.3, 0.4) is 0 Å². The number of halogens is 2. The maximum absolute atomic E-state index is 14.7. The number of nitrogens with one attached hydrogen (secondary N) is 2. The Morgan fingerprint density at radius 1 is 0.959 bits per heavy atom. The molecule has 0 saturated carbocycles. The van der Waals surface area contributed by atoms with Crippen LogP contribution in [0.1, 0.15) is 30.9 Å². The van der Waals surface area contributed by atoms with Gasteiger partial charge in [-0.25, -0.2) is 23.8 Å². The van der Waals surface area contributed by atoms with Gasteiger partial charge in [-0.2, -0.15) is 0 Å². The van der Waals surface area contributed by atoms with Crippen LogP contribution in [0.4, 0.5) is 37.5 Å². The molecule has 4 saturated heterocycles. The first-order valence-corrected chi connectivity index (χ1v) is 16.8. The summed E-state index contributed by atoms with van der Waals surface area (Å²) in [6, 6.07) is 9.59. The van der Waals surface area contributed by atoms with Gasteiger partial charge in [-0.3, -0.25) is 19.4 Å². The molecule has 1 atom stereocenters. The molecule has 4 aliphatic rings. The van der Waals surface area contributed by atoms with Crippen molar-refractivity contribution in [2.75, 3.05) is 86.8 Å². The van der Waals surface area contributed by atoms with Crippen LogP contribution in [0, 0.1) is 11.6 Å². The third-order valence-corrected chi connectivity index (χ3v) is 9.94. The normalized spacial score (nSPS) is 21.0. The Kier molecular flexibility index (Phi) is 9.89. The van der Waals surface area contributed by atoms with Crippen LogP contribution in [-0.4, -0.2) is 104 Å². The van der Waals surface area contributed by atoms with E-state index in [1.165, 1.54) is 29.6 Å². The fourth-order valence-corrected chi connectivity index (χ4v) is 7.18. The Balaban J connectivity index is 1.07. The number of anilines is 5. The highest BCUT2D eigenvalue weighted by Crippen LogP contribution is 2.41. The maximum atomic E-state index is 14.7. The first kappa shape index (κ1) is 33.1. The summed E-state index contributed by atoms with van der Waals surface area (Å²) < 4.78 is 39.5. The summed E-state index contributed by atoms with van der Waals surface area (Å²) in [7, 11) is 1.60. The molecule has 7 rings (SSSR count). The van der Waals surface area contributed by atoms with Crippen molar-refractivity contribution < 1.29 is 27.9 Å². The highest BCUT2D eigenvalue weighted by Gasteiger charge is 2.34. The molecule has 3 aromatic rings. The summed E-state index contributed by atoms with van der Waals surface area (Å²) in [6.07, 6.45) is 5.17. The van der Waals surface area contributed by atoms with Gasteiger partial charge in [-0.1, -0.05) is 12.6 Å². The van der Waals surface area contributed by atoms with Gasteiger partial charge in [0.25, 0.3) is 0 Å². The van der Waals surface area contributed by atoms with Gasteiger partial charge < -0.3 is 25.0 Å². The van der Waals surface area contributed by atoms with Crippen molar-refractivity contribution in [2.45, 2.75) is 37.4 Å². The van der Waals surface area contributed by atoms with E-state index < -0.39 is 17.7 Å². The Hall–Kier alpha value is -4.37. The minimum Gasteiger partial charge on any atom is -0.494 e. The van der Waals surface area contributed by atoms with Gasteiger partial charge in [0.15, 0.2) is 5.82 Å². The minimum absolute atomic E-state index is 0.318. The lowest BCUT2D eigenvalue weighted by molar-refractivity contribution is -0.111. The monoisotopic (exact) mass is 676 g/mol. The first-order chi connectivity index (χ1) is 23.9. The number of aromatic nitrogens is 2. The number of amides is 1. The highest BCUT2D eigenvalue weighted by molar-refractivity contribution is 6.02. The maximum Gasteiger partial charge on any atom is 0.247 e. The van der Waals surface area contributed by atoms with E-state index in [0.717, 1.165) is 77.1 Å². The molecule has 2 N–H and O–H groups in total. The second-order valence-electron chi connectivity index (χ2n) is 12.8. The van der Waals surface area contributed by atoms with Crippen LogP contribution < -0.4 is 25.3 Å². The number of benzene rings is 2. The molecule has 49 heavy (non-hydrogen) atoms. The number of carbonyl (C=O) groups is 1. The molecule has 0 aliphatic carbocycles. The zero-order valence-electron chi connectivity index (χ0n) is 27.6. The second kappa shape index (κ2) is 14.6. The van der Waals surface area contributed by atoms with Crippen LogP contribution in [0.15, 0.2) is 55.4 Å². The lowest BCUT2D eigenvalue weighted by Gasteiger charge is -2.46. The molecular weight excluding hydrogens is 634 g/mol. The molecule has 2 aromatic carbocycles. The molecule has 1 amide bonds. The fourth-order valence-electron chi connectivity index (χ4n) is 7.18. The van der Waals surface area contributed by atoms with Crippen LogP contribution in [0.5, 0.6) is 5.75 Å². The van der Waals surface area contributed by atoms with Crippen LogP contribution >= 0.6 is 0 Å². The zero-order valence-corrected chi connectivity index (χ0v) is 27.6. The fraction of sp³-hybridized carbons (Fsp3) is 0.457. The van der Waals surface area contributed by atoms with Crippen LogP contribution in [-0.2, 0) is 14.4 Å². The van der Waals surface area contributed by atoms with E-state index in [2.05, 4.69) is 41.9 Å². The van der Waals surface area contributed by atoms with Gasteiger partial charge in [0, 0.05) is 75.5 Å². The average Bonchev–Trinajstić information content (AvgIpc) is 3.58. The molecule has 0 radical (unpaired) electrons. The number of ether oxygens (including phenoxy) is 2. The van der Waals surface area contributed by atoms with Gasteiger partial charge in [-0.15, -0.1) is 0 Å². The number of carbonyl (C=O) groups excluding carboxylic acids is 1. The summed E-state index contributed by atoms with van der Waals surface area (Å²) in [5.74, 6) is -0.213. The number of rotatable bonds is 10. The molecule has 5 heterocycles. The minimum atomic E-state index is -0.644. The Labute approximate surface area is 284 Å². The Bertz CT molecular complexity index is 1660. The van der Waals surface area contributed by atoms with Crippen LogP contribution in [0.2, 0.25) is 0 Å². The van der Waals surface area contributed by atoms with Crippen molar-refractivity contribution >= 4 is 34.6 Å². The SMILES string of the molecule is C=CC(=O)Nc1cc(Nc2cc(N3OCCC3c3ccc(F)cc3F)ncn2)c(OC)cc1N1CCC(N2CCN(C3COC3)CC2)CC1. The number of hydrogen-bond acceptors (Lipinski definition) is 11. The number of piperazine rings is 1. The van der Waals surface area contributed by atoms with E-state index in [1.54, 1.807) is 13.2 Å². The molecular formula is C35H42F2N8O4. The van der Waals surface area contributed by atoms with Gasteiger partial charge in [0.2, 0.25) is 5.91 Å². The molecule has 4 aliphatic heterocycles. The smallest absolute Gasteiger partial charge is 0.247 e. The predicted octanol–water partition coefficient (Wildman–Crippen LogP) is 4.50. The number of hydrogen-bond donors (Lipinski definition) is 2. The third-order valence-electron chi connectivity index (χ3n) is 9.94. The van der Waals surface area contributed by atoms with Gasteiger partial charge >= 0.3 is 0 Å². The molecule has 4 fully saturated rings. The first-order valence-electron chi connectivity index (χ1n) is 16.8. The molecule has 1 aromatic heterocycles. The van der Waals surface area contributed by atoms with E-state index >= 15 is 0 Å². The number of piperidine rings is 1. The van der Waals surface area contributed by atoms with Crippen molar-refractivity contribution in [1.29, 1.82) is 0 Å². The molecule has 12 nitrogen and oxygen atoms in total. The van der Waals surface area contributed by atoms with Crippen molar-refractivity contribution in [3.63, 3.8) is 0 Å². The average molecular weight is 677 g/mol. The van der Waals surface area contributed by atoms with E-state index in [0.29, 0.717) is 59.4 Å². The molecule has 14 heteroatoms. The topological polar surface area (TPSA) is 108 Å². The third kappa shape index (κ3) is 7.18. The molecule has 0 spiro atoms. The molecule has 260 valence electrons. The lowest BCUT2D eigenvalue weighted by atomic mass is 10.0. The van der Waals surface area contributed by atoms with E-state index in [4.69, 9.17) is 14.3 Å². The molecule has 1 unspecified atom stereocenters. The summed E-state index contributed by atoms with van der Waals surface area (Å²) in [5, 5.41) is 7.80. The van der Waals surface area contributed by atoms with Crippen molar-refractivity contribution in [2.24, 2.45) is 0 Å². The quantitative estimate of drug-likeness (QED) is 0.297. The summed E-state index contributed by atoms with van der Waals surface area (Å²) in [4.78, 5) is 34.6. The van der Waals surface area contributed by atoms with Gasteiger partial charge in [-0.05, 0) is 31.1 Å². The number of hydroxylamine groups is 1. The molecule has 0 bridgehead atoms. The largest absolute Gasteiger partial charge is 0.494 e. The van der Waals surface area contributed by atoms with Gasteiger partial charge in [0.05, 0.1) is 56.1 Å². The van der Waals surface area contributed by atoms with E-state index in [-0.39, 0.29) is 5.91 Å². The standard InChI is InChI=1S/C35H42F2N8O4/c1-3-35(46)41-28-17-29(40-33-19-34(39-22-38-33)45-30(8-15-49-45)26-5-4-23(36)16-27(26)37)32(47-2)18-31(28)44-9-6-24(7-10-44)42-11-13-43(14-12-42)25-20-48-21-25/h3-5,16-19,22,24-25,30H,1,6-15,20-21H2,2H3,(H,41,46)(H,38,39,40). The van der Waals surface area contributed by atoms with Crippen LogP contribution in [0.25, 0.3) is 0 Å². The van der Waals surface area contributed by atoms with E-state index in [1.807, 2.05) is 12.1 Å². The second-order valence-corrected chi connectivity index (χ2v) is 12.8. The Morgan fingerprint density at radius 3 is 2.39 bits per heavy atom.